The first-order valence-electron chi connectivity index (χ1n) is 8.74. The fourth-order valence-electron chi connectivity index (χ4n) is 2.77. The molecule has 28 heavy (non-hydrogen) atoms. The lowest BCUT2D eigenvalue weighted by molar-refractivity contribution is 0.0605. The van der Waals surface area contributed by atoms with Gasteiger partial charge in [-0.3, -0.25) is 4.90 Å². The molecule has 2 aromatic carbocycles. The summed E-state index contributed by atoms with van der Waals surface area (Å²) in [4.78, 5) is 2.05. The number of hydrogen-bond donors (Lipinski definition) is 1. The molecule has 0 bridgehead atoms. The van der Waals surface area contributed by atoms with Crippen LogP contribution in [0.5, 0.6) is 5.75 Å². The van der Waals surface area contributed by atoms with E-state index in [1.807, 2.05) is 23.1 Å². The Balaban J connectivity index is 1.63. The van der Waals surface area contributed by atoms with Crippen molar-refractivity contribution in [3.63, 3.8) is 0 Å². The zero-order chi connectivity index (χ0) is 19.9. The SMILES string of the molecule is O[C@H](COc1ccc(Cl)cc1)CN(Cc1ccco1)Cc1ccc(Cl)cc1Cl. The minimum Gasteiger partial charge on any atom is -0.491 e. The molecule has 0 fully saturated rings. The molecular weight excluding hydrogens is 421 g/mol. The Morgan fingerprint density at radius 3 is 2.39 bits per heavy atom. The summed E-state index contributed by atoms with van der Waals surface area (Å²) in [7, 11) is 0. The van der Waals surface area contributed by atoms with Gasteiger partial charge in [0.1, 0.15) is 24.2 Å². The fourth-order valence-corrected chi connectivity index (χ4v) is 3.37. The van der Waals surface area contributed by atoms with Gasteiger partial charge in [0.15, 0.2) is 0 Å². The molecule has 1 N–H and O–H groups in total. The first-order valence-corrected chi connectivity index (χ1v) is 9.88. The topological polar surface area (TPSA) is 45.8 Å². The predicted octanol–water partition coefficient (Wildman–Crippen LogP) is 5.68. The quantitative estimate of drug-likeness (QED) is 0.465. The van der Waals surface area contributed by atoms with Gasteiger partial charge in [-0.15, -0.1) is 0 Å². The number of halogens is 3. The van der Waals surface area contributed by atoms with Crippen LogP contribution in [0.15, 0.2) is 65.3 Å². The Labute approximate surface area is 179 Å². The van der Waals surface area contributed by atoms with Crippen LogP contribution >= 0.6 is 34.8 Å². The van der Waals surface area contributed by atoms with Gasteiger partial charge in [0.25, 0.3) is 0 Å². The van der Waals surface area contributed by atoms with Crippen molar-refractivity contribution in [3.05, 3.63) is 87.3 Å². The molecule has 0 saturated heterocycles. The Bertz CT molecular complexity index is 869. The van der Waals surface area contributed by atoms with Gasteiger partial charge < -0.3 is 14.3 Å². The summed E-state index contributed by atoms with van der Waals surface area (Å²) in [5.74, 6) is 1.46. The molecule has 4 nitrogen and oxygen atoms in total. The van der Waals surface area contributed by atoms with Crippen LogP contribution in [0.2, 0.25) is 15.1 Å². The molecular formula is C21H20Cl3NO3. The lowest BCUT2D eigenvalue weighted by Crippen LogP contribution is -2.35. The summed E-state index contributed by atoms with van der Waals surface area (Å²) in [5, 5.41) is 12.3. The number of rotatable bonds is 9. The Kier molecular flexibility index (Phi) is 7.65. The summed E-state index contributed by atoms with van der Waals surface area (Å²) in [6.07, 6.45) is 0.930. The van der Waals surface area contributed by atoms with Crippen molar-refractivity contribution in [2.75, 3.05) is 13.2 Å². The summed E-state index contributed by atoms with van der Waals surface area (Å²) >= 11 is 18.2. The third-order valence-corrected chi connectivity index (χ3v) is 4.93. The van der Waals surface area contributed by atoms with E-state index in [0.29, 0.717) is 40.5 Å². The van der Waals surface area contributed by atoms with Crippen LogP contribution in [0.3, 0.4) is 0 Å². The highest BCUT2D eigenvalue weighted by Crippen LogP contribution is 2.23. The molecule has 1 heterocycles. The van der Waals surface area contributed by atoms with Crippen LogP contribution in [-0.2, 0) is 13.1 Å². The number of benzene rings is 2. The number of aliphatic hydroxyl groups excluding tert-OH is 1. The fraction of sp³-hybridized carbons (Fsp3) is 0.238. The van der Waals surface area contributed by atoms with Crippen molar-refractivity contribution in [1.82, 2.24) is 4.90 Å². The Morgan fingerprint density at radius 1 is 0.964 bits per heavy atom. The van der Waals surface area contributed by atoms with Crippen LogP contribution in [0, 0.1) is 0 Å². The van der Waals surface area contributed by atoms with E-state index >= 15 is 0 Å². The monoisotopic (exact) mass is 439 g/mol. The average Bonchev–Trinajstić information content (AvgIpc) is 3.16. The molecule has 0 amide bonds. The van der Waals surface area contributed by atoms with Gasteiger partial charge in [0.2, 0.25) is 0 Å². The minimum absolute atomic E-state index is 0.157. The van der Waals surface area contributed by atoms with Crippen LogP contribution in [0.4, 0.5) is 0 Å². The molecule has 0 unspecified atom stereocenters. The number of aliphatic hydroxyl groups is 1. The number of furan rings is 1. The van der Waals surface area contributed by atoms with E-state index in [0.717, 1.165) is 11.3 Å². The van der Waals surface area contributed by atoms with Gasteiger partial charge >= 0.3 is 0 Å². The molecule has 0 spiro atoms. The molecule has 7 heteroatoms. The summed E-state index contributed by atoms with van der Waals surface area (Å²) in [6, 6.07) is 16.2. The van der Waals surface area contributed by atoms with Crippen molar-refractivity contribution in [2.24, 2.45) is 0 Å². The predicted molar refractivity (Wildman–Crippen MR) is 112 cm³/mol. The standard InChI is InChI=1S/C21H20Cl3NO3/c22-16-5-7-19(8-6-16)28-14-18(26)12-25(13-20-2-1-9-27-20)11-15-3-4-17(23)10-21(15)24/h1-10,18,26H,11-14H2/t18-/m0/s1. The normalized spacial score (nSPS) is 12.3. The van der Waals surface area contributed by atoms with E-state index in [9.17, 15) is 5.11 Å². The van der Waals surface area contributed by atoms with Crippen LogP contribution < -0.4 is 4.74 Å². The third kappa shape index (κ3) is 6.43. The van der Waals surface area contributed by atoms with Crippen LogP contribution in [0.1, 0.15) is 11.3 Å². The van der Waals surface area contributed by atoms with E-state index in [-0.39, 0.29) is 6.61 Å². The zero-order valence-electron chi connectivity index (χ0n) is 15.0. The van der Waals surface area contributed by atoms with Gasteiger partial charge in [-0.2, -0.15) is 0 Å². The van der Waals surface area contributed by atoms with Crippen molar-refractivity contribution < 1.29 is 14.3 Å². The van der Waals surface area contributed by atoms with Gasteiger partial charge in [-0.25, -0.2) is 0 Å². The van der Waals surface area contributed by atoms with E-state index in [4.69, 9.17) is 44.0 Å². The molecule has 1 atom stereocenters. The molecule has 0 aliphatic heterocycles. The summed E-state index contributed by atoms with van der Waals surface area (Å²) in [5.41, 5.74) is 0.920. The minimum atomic E-state index is -0.697. The van der Waals surface area contributed by atoms with E-state index in [1.165, 1.54) is 0 Å². The number of nitrogens with zero attached hydrogens (tertiary/aromatic N) is 1. The molecule has 148 valence electrons. The molecule has 0 aliphatic carbocycles. The maximum atomic E-state index is 10.5. The van der Waals surface area contributed by atoms with E-state index in [2.05, 4.69) is 0 Å². The highest BCUT2D eigenvalue weighted by molar-refractivity contribution is 6.35. The van der Waals surface area contributed by atoms with E-state index < -0.39 is 6.10 Å². The number of ether oxygens (including phenoxy) is 1. The third-order valence-electron chi connectivity index (χ3n) is 4.09. The largest absolute Gasteiger partial charge is 0.491 e. The van der Waals surface area contributed by atoms with Crippen molar-refractivity contribution in [1.29, 1.82) is 0 Å². The molecule has 0 aliphatic rings. The van der Waals surface area contributed by atoms with E-state index in [1.54, 1.807) is 42.7 Å². The Morgan fingerprint density at radius 2 is 1.71 bits per heavy atom. The maximum Gasteiger partial charge on any atom is 0.119 e. The van der Waals surface area contributed by atoms with Crippen molar-refractivity contribution >= 4 is 34.8 Å². The summed E-state index contributed by atoms with van der Waals surface area (Å²) < 4.78 is 11.1. The van der Waals surface area contributed by atoms with Gasteiger partial charge in [-0.1, -0.05) is 40.9 Å². The average molecular weight is 441 g/mol. The van der Waals surface area contributed by atoms with Gasteiger partial charge in [0.05, 0.1) is 12.8 Å². The first-order chi connectivity index (χ1) is 13.5. The van der Waals surface area contributed by atoms with Gasteiger partial charge in [-0.05, 0) is 54.1 Å². The Hall–Kier alpha value is -1.69. The second kappa shape index (κ2) is 10.2. The maximum absolute atomic E-state index is 10.5. The van der Waals surface area contributed by atoms with Crippen LogP contribution in [0.25, 0.3) is 0 Å². The van der Waals surface area contributed by atoms with Gasteiger partial charge in [0, 0.05) is 28.2 Å². The molecule has 1 aromatic heterocycles. The second-order valence-electron chi connectivity index (χ2n) is 6.40. The number of hydrogen-bond acceptors (Lipinski definition) is 4. The smallest absolute Gasteiger partial charge is 0.119 e. The van der Waals surface area contributed by atoms with Crippen molar-refractivity contribution in [3.8, 4) is 5.75 Å². The molecule has 0 radical (unpaired) electrons. The molecule has 3 rings (SSSR count). The lowest BCUT2D eigenvalue weighted by Gasteiger charge is -2.25. The van der Waals surface area contributed by atoms with Crippen molar-refractivity contribution in [2.45, 2.75) is 19.2 Å². The lowest BCUT2D eigenvalue weighted by atomic mass is 10.2. The molecule has 0 saturated carbocycles. The summed E-state index contributed by atoms with van der Waals surface area (Å²) in [6.45, 7) is 1.61. The van der Waals surface area contributed by atoms with Crippen LogP contribution in [-0.4, -0.2) is 29.3 Å². The highest BCUT2D eigenvalue weighted by Gasteiger charge is 2.16. The zero-order valence-corrected chi connectivity index (χ0v) is 17.3. The second-order valence-corrected chi connectivity index (χ2v) is 7.68. The first kappa shape index (κ1) is 21.0. The highest BCUT2D eigenvalue weighted by atomic mass is 35.5. The molecule has 3 aromatic rings.